The van der Waals surface area contributed by atoms with Gasteiger partial charge in [-0.2, -0.15) is 5.10 Å². The highest BCUT2D eigenvalue weighted by molar-refractivity contribution is 6.04. The quantitative estimate of drug-likeness (QED) is 0.499. The molecular weight excluding hydrogens is 395 g/mol. The Labute approximate surface area is 179 Å². The first-order chi connectivity index (χ1) is 14.8. The van der Waals surface area contributed by atoms with Crippen molar-refractivity contribution in [2.75, 3.05) is 6.54 Å². The van der Waals surface area contributed by atoms with Crippen LogP contribution in [0.15, 0.2) is 36.8 Å². The van der Waals surface area contributed by atoms with E-state index in [2.05, 4.69) is 9.97 Å². The normalized spacial score (nSPS) is 16.0. The molecule has 0 spiro atoms. The van der Waals surface area contributed by atoms with Crippen LogP contribution < -0.4 is 0 Å². The van der Waals surface area contributed by atoms with Crippen molar-refractivity contribution in [2.45, 2.75) is 26.3 Å². The molecule has 0 bridgehead atoms. The number of amides is 1. The van der Waals surface area contributed by atoms with Crippen molar-refractivity contribution in [3.05, 3.63) is 65.1 Å². The minimum Gasteiger partial charge on any atom is -0.335 e. The Bertz CT molecular complexity index is 1320. The number of nitrogens with zero attached hydrogens (tertiary/aromatic N) is 6. The Morgan fingerprint density at radius 1 is 1.19 bits per heavy atom. The summed E-state index contributed by atoms with van der Waals surface area (Å²) in [5, 5.41) is 5.46. The lowest BCUT2D eigenvalue weighted by Crippen LogP contribution is -2.39. The first kappa shape index (κ1) is 19.4. The molecule has 1 atom stereocenters. The van der Waals surface area contributed by atoms with E-state index >= 15 is 0 Å². The van der Waals surface area contributed by atoms with Crippen LogP contribution in [0.3, 0.4) is 0 Å². The van der Waals surface area contributed by atoms with Crippen LogP contribution in [0, 0.1) is 12.7 Å². The topological polar surface area (TPSA) is 68.8 Å². The molecule has 0 fully saturated rings. The van der Waals surface area contributed by atoms with Crippen LogP contribution in [0.4, 0.5) is 4.39 Å². The van der Waals surface area contributed by atoms with E-state index in [9.17, 15) is 9.18 Å². The molecule has 0 radical (unpaired) electrons. The number of aryl methyl sites for hydroxylation is 3. The molecule has 0 saturated carbocycles. The molecule has 158 valence electrons. The third kappa shape index (κ3) is 3.01. The highest BCUT2D eigenvalue weighted by Gasteiger charge is 2.34. The van der Waals surface area contributed by atoms with Crippen LogP contribution in [0.5, 0.6) is 0 Å². The standard InChI is InChI=1S/C23H23FN6O/c1-13-9-15(11-16(24)10-13)21-17-6-8-30(14(2)19(17)27-29(21)4)23(31)20-18-5-7-28(3)22(18)26-12-25-20/h5,7,9-12,14H,6,8H2,1-4H3/t14-/m0/s1. The number of carbonyl (C=O) groups excluding carboxylic acids is 1. The molecule has 4 aromatic rings. The van der Waals surface area contributed by atoms with Crippen LogP contribution in [-0.2, 0) is 20.5 Å². The fourth-order valence-corrected chi connectivity index (χ4v) is 4.64. The fraction of sp³-hybridized carbons (Fsp3) is 0.304. The monoisotopic (exact) mass is 418 g/mol. The van der Waals surface area contributed by atoms with Gasteiger partial charge in [0.15, 0.2) is 0 Å². The number of benzene rings is 1. The zero-order valence-electron chi connectivity index (χ0n) is 17.9. The summed E-state index contributed by atoms with van der Waals surface area (Å²) in [6, 6.07) is 6.67. The minimum atomic E-state index is -0.263. The zero-order chi connectivity index (χ0) is 21.9. The number of rotatable bonds is 2. The van der Waals surface area contributed by atoms with Gasteiger partial charge in [0.25, 0.3) is 5.91 Å². The molecule has 7 nitrogen and oxygen atoms in total. The summed E-state index contributed by atoms with van der Waals surface area (Å²) in [6.45, 7) is 4.40. The van der Waals surface area contributed by atoms with Gasteiger partial charge in [0.05, 0.1) is 22.8 Å². The van der Waals surface area contributed by atoms with E-state index in [1.54, 1.807) is 10.7 Å². The molecule has 1 aliphatic heterocycles. The molecule has 5 rings (SSSR count). The van der Waals surface area contributed by atoms with Gasteiger partial charge >= 0.3 is 0 Å². The molecule has 8 heteroatoms. The number of carbonyl (C=O) groups is 1. The Morgan fingerprint density at radius 2 is 2.00 bits per heavy atom. The van der Waals surface area contributed by atoms with Gasteiger partial charge in [0.2, 0.25) is 0 Å². The van der Waals surface area contributed by atoms with Crippen molar-refractivity contribution in [3.8, 4) is 11.3 Å². The van der Waals surface area contributed by atoms with Gasteiger partial charge in [-0.25, -0.2) is 14.4 Å². The molecule has 0 N–H and O–H groups in total. The molecule has 3 aromatic heterocycles. The average molecular weight is 418 g/mol. The third-order valence-electron chi connectivity index (χ3n) is 6.08. The van der Waals surface area contributed by atoms with Crippen LogP contribution in [0.25, 0.3) is 22.3 Å². The second-order valence-electron chi connectivity index (χ2n) is 8.16. The van der Waals surface area contributed by atoms with Crippen molar-refractivity contribution in [2.24, 2.45) is 14.1 Å². The number of halogens is 1. The van der Waals surface area contributed by atoms with Crippen LogP contribution >= 0.6 is 0 Å². The molecule has 1 aliphatic rings. The van der Waals surface area contributed by atoms with Crippen LogP contribution in [0.1, 0.15) is 40.3 Å². The molecule has 0 saturated heterocycles. The fourth-order valence-electron chi connectivity index (χ4n) is 4.64. The Hall–Kier alpha value is -3.55. The Balaban J connectivity index is 1.54. The molecule has 0 aliphatic carbocycles. The summed E-state index contributed by atoms with van der Waals surface area (Å²) in [5.74, 6) is -0.396. The molecule has 1 amide bonds. The Morgan fingerprint density at radius 3 is 2.77 bits per heavy atom. The van der Waals surface area contributed by atoms with Gasteiger partial charge in [0.1, 0.15) is 23.5 Å². The lowest BCUT2D eigenvalue weighted by molar-refractivity contribution is 0.0669. The van der Waals surface area contributed by atoms with E-state index < -0.39 is 0 Å². The second-order valence-corrected chi connectivity index (χ2v) is 8.16. The van der Waals surface area contributed by atoms with E-state index in [-0.39, 0.29) is 17.8 Å². The summed E-state index contributed by atoms with van der Waals surface area (Å²) in [7, 11) is 3.76. The highest BCUT2D eigenvalue weighted by atomic mass is 19.1. The van der Waals surface area contributed by atoms with Gasteiger partial charge in [-0.3, -0.25) is 9.48 Å². The van der Waals surface area contributed by atoms with Crippen molar-refractivity contribution in [1.29, 1.82) is 0 Å². The van der Waals surface area contributed by atoms with Crippen molar-refractivity contribution in [1.82, 2.24) is 29.2 Å². The molecule has 1 aromatic carbocycles. The zero-order valence-corrected chi connectivity index (χ0v) is 17.9. The maximum atomic E-state index is 14.0. The van der Waals surface area contributed by atoms with Gasteiger partial charge in [-0.1, -0.05) is 0 Å². The average Bonchev–Trinajstić information content (AvgIpc) is 3.27. The third-order valence-corrected chi connectivity index (χ3v) is 6.08. The molecule has 4 heterocycles. The molecular formula is C23H23FN6O. The van der Waals surface area contributed by atoms with E-state index in [0.717, 1.165) is 39.1 Å². The number of hydrogen-bond donors (Lipinski definition) is 0. The van der Waals surface area contributed by atoms with Gasteiger partial charge < -0.3 is 9.47 Å². The summed E-state index contributed by atoms with van der Waals surface area (Å²) in [4.78, 5) is 23.8. The van der Waals surface area contributed by atoms with Gasteiger partial charge in [-0.05, 0) is 50.1 Å². The maximum absolute atomic E-state index is 14.0. The van der Waals surface area contributed by atoms with Crippen LogP contribution in [-0.4, -0.2) is 41.7 Å². The number of aromatic nitrogens is 5. The van der Waals surface area contributed by atoms with Gasteiger partial charge in [-0.15, -0.1) is 0 Å². The van der Waals surface area contributed by atoms with E-state index in [1.807, 2.05) is 55.7 Å². The summed E-state index contributed by atoms with van der Waals surface area (Å²) >= 11 is 0. The van der Waals surface area contributed by atoms with Crippen molar-refractivity contribution >= 4 is 16.9 Å². The van der Waals surface area contributed by atoms with Crippen molar-refractivity contribution < 1.29 is 9.18 Å². The summed E-state index contributed by atoms with van der Waals surface area (Å²) in [5.41, 5.74) is 5.62. The smallest absolute Gasteiger partial charge is 0.273 e. The largest absolute Gasteiger partial charge is 0.335 e. The lowest BCUT2D eigenvalue weighted by Gasteiger charge is -2.32. The molecule has 31 heavy (non-hydrogen) atoms. The highest BCUT2D eigenvalue weighted by Crippen LogP contribution is 2.36. The first-order valence-corrected chi connectivity index (χ1v) is 10.3. The lowest BCUT2D eigenvalue weighted by atomic mass is 9.94. The van der Waals surface area contributed by atoms with Gasteiger partial charge in [0, 0.05) is 38.0 Å². The van der Waals surface area contributed by atoms with E-state index in [0.29, 0.717) is 18.7 Å². The second kappa shape index (κ2) is 7.01. The van der Waals surface area contributed by atoms with Crippen molar-refractivity contribution in [3.63, 3.8) is 0 Å². The first-order valence-electron chi connectivity index (χ1n) is 10.3. The maximum Gasteiger partial charge on any atom is 0.273 e. The predicted molar refractivity (Wildman–Crippen MR) is 115 cm³/mol. The summed E-state index contributed by atoms with van der Waals surface area (Å²) < 4.78 is 17.7. The van der Waals surface area contributed by atoms with E-state index in [4.69, 9.17) is 5.10 Å². The van der Waals surface area contributed by atoms with Crippen LogP contribution in [0.2, 0.25) is 0 Å². The SMILES string of the molecule is Cc1cc(F)cc(-c2c3c(nn2C)[C@H](C)N(C(=O)c2ncnc4c2ccn4C)CC3)c1. The molecule has 0 unspecified atom stereocenters. The number of fused-ring (bicyclic) bond motifs is 2. The predicted octanol–water partition coefficient (Wildman–Crippen LogP) is 3.58. The minimum absolute atomic E-state index is 0.134. The Kier molecular flexibility index (Phi) is 4.39. The summed E-state index contributed by atoms with van der Waals surface area (Å²) in [6.07, 6.45) is 3.95. The number of hydrogen-bond acceptors (Lipinski definition) is 4. The van der Waals surface area contributed by atoms with E-state index in [1.165, 1.54) is 12.4 Å².